The van der Waals surface area contributed by atoms with E-state index in [4.69, 9.17) is 10.5 Å². The summed E-state index contributed by atoms with van der Waals surface area (Å²) in [6.07, 6.45) is 1.99. The number of carbonyl (C=O) groups is 2. The quantitative estimate of drug-likeness (QED) is 0.797. The lowest BCUT2D eigenvalue weighted by atomic mass is 10.1. The Labute approximate surface area is 124 Å². The van der Waals surface area contributed by atoms with Crippen LogP contribution in [0.4, 0.5) is 5.69 Å². The van der Waals surface area contributed by atoms with Gasteiger partial charge in [0.2, 0.25) is 5.91 Å². The zero-order valence-electron chi connectivity index (χ0n) is 12.2. The summed E-state index contributed by atoms with van der Waals surface area (Å²) < 4.78 is 5.28. The van der Waals surface area contributed by atoms with Crippen molar-refractivity contribution in [3.05, 3.63) is 29.8 Å². The molecule has 1 aromatic carbocycles. The van der Waals surface area contributed by atoms with Gasteiger partial charge in [0.15, 0.2) is 0 Å². The number of methoxy groups -OCH3 is 1. The van der Waals surface area contributed by atoms with Crippen LogP contribution in [0.3, 0.4) is 0 Å². The highest BCUT2D eigenvalue weighted by Crippen LogP contribution is 2.12. The third-order valence-corrected chi connectivity index (χ3v) is 3.64. The molecule has 1 heterocycles. The van der Waals surface area contributed by atoms with E-state index >= 15 is 0 Å². The lowest BCUT2D eigenvalue weighted by Gasteiger charge is -2.32. The van der Waals surface area contributed by atoms with Crippen molar-refractivity contribution in [3.8, 4) is 0 Å². The minimum atomic E-state index is -0.274. The molecule has 0 aliphatic carbocycles. The van der Waals surface area contributed by atoms with E-state index in [1.165, 1.54) is 0 Å². The first-order valence-corrected chi connectivity index (χ1v) is 7.04. The van der Waals surface area contributed by atoms with Crippen LogP contribution in [0.15, 0.2) is 24.3 Å². The van der Waals surface area contributed by atoms with Crippen LogP contribution in [0.5, 0.6) is 0 Å². The van der Waals surface area contributed by atoms with Crippen molar-refractivity contribution in [2.75, 3.05) is 32.5 Å². The number of hydrogen-bond donors (Lipinski definition) is 2. The van der Waals surface area contributed by atoms with Gasteiger partial charge in [-0.2, -0.15) is 0 Å². The van der Waals surface area contributed by atoms with Gasteiger partial charge < -0.3 is 20.7 Å². The predicted molar refractivity (Wildman–Crippen MR) is 79.8 cm³/mol. The van der Waals surface area contributed by atoms with Crippen LogP contribution in [0, 0.1) is 0 Å². The maximum atomic E-state index is 12.1. The van der Waals surface area contributed by atoms with Crippen molar-refractivity contribution >= 4 is 17.5 Å². The van der Waals surface area contributed by atoms with Crippen LogP contribution in [-0.2, 0) is 9.53 Å². The van der Waals surface area contributed by atoms with Crippen LogP contribution < -0.4 is 11.1 Å². The molecule has 1 aliphatic rings. The van der Waals surface area contributed by atoms with Gasteiger partial charge in [0.05, 0.1) is 12.6 Å². The summed E-state index contributed by atoms with van der Waals surface area (Å²) in [6.45, 7) is 1.31. The van der Waals surface area contributed by atoms with Crippen molar-refractivity contribution in [1.29, 1.82) is 0 Å². The van der Waals surface area contributed by atoms with Gasteiger partial charge in [0.25, 0.3) is 5.91 Å². The molecule has 6 heteroatoms. The Morgan fingerprint density at radius 2 is 2.10 bits per heavy atom. The number of piperidine rings is 1. The van der Waals surface area contributed by atoms with Gasteiger partial charge in [-0.25, -0.2) is 0 Å². The Morgan fingerprint density at radius 1 is 1.38 bits per heavy atom. The fourth-order valence-corrected chi connectivity index (χ4v) is 2.36. The molecule has 6 nitrogen and oxygen atoms in total. The van der Waals surface area contributed by atoms with Gasteiger partial charge in [-0.05, 0) is 37.1 Å². The van der Waals surface area contributed by atoms with E-state index in [9.17, 15) is 9.59 Å². The van der Waals surface area contributed by atoms with Gasteiger partial charge in [0, 0.05) is 31.5 Å². The number of carbonyl (C=O) groups excluding carboxylic acids is 2. The first-order chi connectivity index (χ1) is 10.1. The highest BCUT2D eigenvalue weighted by atomic mass is 16.5. The molecule has 1 saturated heterocycles. The first kappa shape index (κ1) is 15.3. The zero-order chi connectivity index (χ0) is 15.2. The Morgan fingerprint density at radius 3 is 2.76 bits per heavy atom. The van der Waals surface area contributed by atoms with Gasteiger partial charge in [0.1, 0.15) is 0 Å². The number of nitrogen functional groups attached to an aromatic ring is 1. The van der Waals surface area contributed by atoms with Gasteiger partial charge >= 0.3 is 0 Å². The Bertz CT molecular complexity index is 501. The molecular weight excluding hydrogens is 270 g/mol. The van der Waals surface area contributed by atoms with Crippen LogP contribution in [0.1, 0.15) is 23.2 Å². The average molecular weight is 291 g/mol. The second-order valence-electron chi connectivity index (χ2n) is 5.14. The van der Waals surface area contributed by atoms with Gasteiger partial charge in [-0.15, -0.1) is 0 Å². The number of hydrogen-bond acceptors (Lipinski definition) is 4. The number of likely N-dealkylation sites (tertiary alicyclic amines) is 1. The Balaban J connectivity index is 1.83. The fraction of sp³-hybridized carbons (Fsp3) is 0.467. The number of benzene rings is 1. The van der Waals surface area contributed by atoms with E-state index in [1.807, 2.05) is 0 Å². The number of anilines is 1. The maximum absolute atomic E-state index is 12.1. The topological polar surface area (TPSA) is 84.7 Å². The van der Waals surface area contributed by atoms with Crippen LogP contribution in [-0.4, -0.2) is 49.6 Å². The molecule has 1 unspecified atom stereocenters. The summed E-state index contributed by atoms with van der Waals surface area (Å²) in [5.74, 6) is -0.357. The summed E-state index contributed by atoms with van der Waals surface area (Å²) >= 11 is 0. The predicted octanol–water partition coefficient (Wildman–Crippen LogP) is 0.636. The SMILES string of the molecule is COC1CCCN(C(=O)CNC(=O)c2ccc(N)cc2)C1. The minimum absolute atomic E-state index is 0.000353. The molecule has 2 amide bonds. The normalized spacial score (nSPS) is 18.3. The van der Waals surface area contributed by atoms with E-state index in [0.717, 1.165) is 19.4 Å². The van der Waals surface area contributed by atoms with Crippen molar-refractivity contribution in [2.24, 2.45) is 0 Å². The first-order valence-electron chi connectivity index (χ1n) is 7.04. The molecule has 21 heavy (non-hydrogen) atoms. The van der Waals surface area contributed by atoms with Gasteiger partial charge in [-0.3, -0.25) is 9.59 Å². The largest absolute Gasteiger partial charge is 0.399 e. The molecule has 0 radical (unpaired) electrons. The summed E-state index contributed by atoms with van der Waals surface area (Å²) in [5.41, 5.74) is 6.66. The number of nitrogens with zero attached hydrogens (tertiary/aromatic N) is 1. The maximum Gasteiger partial charge on any atom is 0.251 e. The standard InChI is InChI=1S/C15H21N3O3/c1-21-13-3-2-8-18(10-13)14(19)9-17-15(20)11-4-6-12(16)7-5-11/h4-7,13H,2-3,8-10,16H2,1H3,(H,17,20). The highest BCUT2D eigenvalue weighted by Gasteiger charge is 2.23. The number of nitrogens with two attached hydrogens (primary N) is 1. The molecule has 1 atom stereocenters. The monoisotopic (exact) mass is 291 g/mol. The van der Waals surface area contributed by atoms with Gasteiger partial charge in [-0.1, -0.05) is 0 Å². The molecule has 2 rings (SSSR count). The smallest absolute Gasteiger partial charge is 0.251 e. The lowest BCUT2D eigenvalue weighted by Crippen LogP contribution is -2.47. The van der Waals surface area contributed by atoms with E-state index in [2.05, 4.69) is 5.32 Å². The summed E-state index contributed by atoms with van der Waals surface area (Å²) in [5, 5.41) is 2.64. The number of ether oxygens (including phenoxy) is 1. The highest BCUT2D eigenvalue weighted by molar-refractivity contribution is 5.96. The van der Waals surface area contributed by atoms with Crippen molar-refractivity contribution < 1.29 is 14.3 Å². The molecule has 0 bridgehead atoms. The second-order valence-corrected chi connectivity index (χ2v) is 5.14. The van der Waals surface area contributed by atoms with Crippen molar-refractivity contribution in [1.82, 2.24) is 10.2 Å². The fourth-order valence-electron chi connectivity index (χ4n) is 2.36. The van der Waals surface area contributed by atoms with Crippen LogP contribution >= 0.6 is 0 Å². The molecule has 0 spiro atoms. The lowest BCUT2D eigenvalue weighted by molar-refractivity contribution is -0.133. The molecule has 0 aromatic heterocycles. The molecule has 3 N–H and O–H groups in total. The Kier molecular flexibility index (Phi) is 5.16. The third kappa shape index (κ3) is 4.19. The van der Waals surface area contributed by atoms with E-state index in [1.54, 1.807) is 36.3 Å². The van der Waals surface area contributed by atoms with Crippen LogP contribution in [0.25, 0.3) is 0 Å². The molecule has 0 saturated carbocycles. The molecule has 1 fully saturated rings. The Hall–Kier alpha value is -2.08. The summed E-state index contributed by atoms with van der Waals surface area (Å²) in [4.78, 5) is 25.7. The minimum Gasteiger partial charge on any atom is -0.399 e. The number of nitrogens with one attached hydrogen (secondary N) is 1. The second kappa shape index (κ2) is 7.08. The van der Waals surface area contributed by atoms with Crippen LogP contribution in [0.2, 0.25) is 0 Å². The van der Waals surface area contributed by atoms with E-state index in [0.29, 0.717) is 17.8 Å². The number of amides is 2. The summed E-state index contributed by atoms with van der Waals surface area (Å²) in [6, 6.07) is 6.59. The molecular formula is C15H21N3O3. The molecule has 1 aromatic rings. The molecule has 1 aliphatic heterocycles. The third-order valence-electron chi connectivity index (χ3n) is 3.64. The van der Waals surface area contributed by atoms with Crippen molar-refractivity contribution in [2.45, 2.75) is 18.9 Å². The average Bonchev–Trinajstić information content (AvgIpc) is 2.53. The van der Waals surface area contributed by atoms with E-state index in [-0.39, 0.29) is 24.5 Å². The van der Waals surface area contributed by atoms with Crippen molar-refractivity contribution in [3.63, 3.8) is 0 Å². The molecule has 114 valence electrons. The van der Waals surface area contributed by atoms with E-state index < -0.39 is 0 Å². The summed E-state index contributed by atoms with van der Waals surface area (Å²) in [7, 11) is 1.65. The number of rotatable bonds is 4. The zero-order valence-corrected chi connectivity index (χ0v) is 12.2.